The third-order valence-corrected chi connectivity index (χ3v) is 6.56. The molecule has 0 aromatic heterocycles. The first-order valence-electron chi connectivity index (χ1n) is 8.39. The molecule has 2 aliphatic rings. The molecule has 1 aromatic carbocycles. The van der Waals surface area contributed by atoms with Crippen molar-refractivity contribution in [3.8, 4) is 6.07 Å². The Bertz CT molecular complexity index is 764. The lowest BCUT2D eigenvalue weighted by Gasteiger charge is -2.35. The van der Waals surface area contributed by atoms with E-state index in [4.69, 9.17) is 10.00 Å². The Morgan fingerprint density at radius 1 is 1.16 bits per heavy atom. The van der Waals surface area contributed by atoms with E-state index in [0.717, 1.165) is 0 Å². The Morgan fingerprint density at radius 3 is 2.48 bits per heavy atom. The van der Waals surface area contributed by atoms with Crippen molar-refractivity contribution in [2.24, 2.45) is 5.92 Å². The zero-order valence-electron chi connectivity index (χ0n) is 13.9. The van der Waals surface area contributed by atoms with Gasteiger partial charge in [0.2, 0.25) is 15.9 Å². The van der Waals surface area contributed by atoms with E-state index in [1.165, 1.54) is 28.6 Å². The zero-order valence-corrected chi connectivity index (χ0v) is 14.7. The van der Waals surface area contributed by atoms with Gasteiger partial charge in [-0.2, -0.15) is 9.57 Å². The molecule has 2 fully saturated rings. The quantitative estimate of drug-likeness (QED) is 0.793. The fraction of sp³-hybridized carbons (Fsp3) is 0.529. The number of rotatable bonds is 3. The van der Waals surface area contributed by atoms with Crippen molar-refractivity contribution in [3.05, 3.63) is 29.8 Å². The summed E-state index contributed by atoms with van der Waals surface area (Å²) >= 11 is 0. The third-order valence-electron chi connectivity index (χ3n) is 4.68. The van der Waals surface area contributed by atoms with E-state index in [9.17, 15) is 13.2 Å². The zero-order chi connectivity index (χ0) is 17.9. The van der Waals surface area contributed by atoms with Crippen LogP contribution in [0.4, 0.5) is 0 Å². The fourth-order valence-electron chi connectivity index (χ4n) is 3.25. The van der Waals surface area contributed by atoms with Crippen LogP contribution >= 0.6 is 0 Å². The van der Waals surface area contributed by atoms with E-state index in [0.29, 0.717) is 51.3 Å². The first kappa shape index (κ1) is 17.9. The minimum Gasteiger partial charge on any atom is -0.378 e. The van der Waals surface area contributed by atoms with E-state index in [1.807, 2.05) is 6.07 Å². The van der Waals surface area contributed by atoms with Crippen molar-refractivity contribution in [1.29, 1.82) is 5.26 Å². The van der Waals surface area contributed by atoms with Gasteiger partial charge in [-0.25, -0.2) is 8.42 Å². The molecule has 3 rings (SSSR count). The molecule has 1 amide bonds. The van der Waals surface area contributed by atoms with Gasteiger partial charge >= 0.3 is 0 Å². The van der Waals surface area contributed by atoms with E-state index >= 15 is 0 Å². The van der Waals surface area contributed by atoms with Gasteiger partial charge in [0, 0.05) is 26.2 Å². The van der Waals surface area contributed by atoms with Gasteiger partial charge in [-0.3, -0.25) is 4.79 Å². The van der Waals surface area contributed by atoms with Gasteiger partial charge in [-0.1, -0.05) is 0 Å². The Hall–Kier alpha value is -1.95. The van der Waals surface area contributed by atoms with Gasteiger partial charge in [0.25, 0.3) is 0 Å². The molecule has 7 nitrogen and oxygen atoms in total. The highest BCUT2D eigenvalue weighted by Crippen LogP contribution is 2.25. The number of piperidine rings is 1. The van der Waals surface area contributed by atoms with Crippen LogP contribution in [0.25, 0.3) is 0 Å². The summed E-state index contributed by atoms with van der Waals surface area (Å²) in [6.07, 6.45) is 1.37. The lowest BCUT2D eigenvalue weighted by molar-refractivity contribution is -0.140. The summed E-state index contributed by atoms with van der Waals surface area (Å²) in [6, 6.07) is 7.85. The fourth-order valence-corrected chi connectivity index (χ4v) is 4.78. The maximum Gasteiger partial charge on any atom is 0.243 e. The summed E-state index contributed by atoms with van der Waals surface area (Å²) < 4.78 is 32.3. The van der Waals surface area contributed by atoms with Crippen molar-refractivity contribution in [2.75, 3.05) is 39.4 Å². The molecule has 0 bridgehead atoms. The predicted octanol–water partition coefficient (Wildman–Crippen LogP) is 0.818. The SMILES string of the molecule is N#Cc1ccc(S(=O)(=O)N2CCCC(C(=O)N3CCOCC3)C2)cc1. The minimum absolute atomic E-state index is 0.0167. The lowest BCUT2D eigenvalue weighted by Crippen LogP contribution is -2.49. The summed E-state index contributed by atoms with van der Waals surface area (Å²) in [5.74, 6) is -0.289. The van der Waals surface area contributed by atoms with Crippen LogP contribution in [0.1, 0.15) is 18.4 Å². The van der Waals surface area contributed by atoms with Crippen LogP contribution in [-0.4, -0.2) is 62.9 Å². The van der Waals surface area contributed by atoms with Crippen molar-refractivity contribution in [2.45, 2.75) is 17.7 Å². The Balaban J connectivity index is 1.73. The normalized spacial score (nSPS) is 22.4. The number of benzene rings is 1. The summed E-state index contributed by atoms with van der Waals surface area (Å²) in [6.45, 7) is 2.82. The number of carbonyl (C=O) groups is 1. The van der Waals surface area contributed by atoms with Gasteiger partial charge in [-0.15, -0.1) is 0 Å². The maximum atomic E-state index is 12.8. The molecular formula is C17H21N3O4S. The molecule has 2 heterocycles. The topological polar surface area (TPSA) is 90.7 Å². The largest absolute Gasteiger partial charge is 0.378 e. The Kier molecular flexibility index (Phi) is 5.37. The van der Waals surface area contributed by atoms with Gasteiger partial charge in [0.15, 0.2) is 0 Å². The summed E-state index contributed by atoms with van der Waals surface area (Å²) in [4.78, 5) is 14.6. The Morgan fingerprint density at radius 2 is 1.84 bits per heavy atom. The molecule has 2 aliphatic heterocycles. The van der Waals surface area contributed by atoms with Gasteiger partial charge in [0.1, 0.15) is 0 Å². The molecule has 8 heteroatoms. The molecule has 1 unspecified atom stereocenters. The summed E-state index contributed by atoms with van der Waals surface area (Å²) in [7, 11) is -3.66. The monoisotopic (exact) mass is 363 g/mol. The average Bonchev–Trinajstić information content (AvgIpc) is 2.68. The number of morpholine rings is 1. The first-order valence-corrected chi connectivity index (χ1v) is 9.83. The standard InChI is InChI=1S/C17H21N3O4S/c18-12-14-3-5-16(6-4-14)25(22,23)20-7-1-2-15(13-20)17(21)19-8-10-24-11-9-19/h3-6,15H,1-2,7-11,13H2. The maximum absolute atomic E-state index is 12.8. The molecule has 25 heavy (non-hydrogen) atoms. The molecule has 0 aliphatic carbocycles. The average molecular weight is 363 g/mol. The highest BCUT2D eigenvalue weighted by molar-refractivity contribution is 7.89. The van der Waals surface area contributed by atoms with Crippen molar-refractivity contribution in [1.82, 2.24) is 9.21 Å². The van der Waals surface area contributed by atoms with Crippen molar-refractivity contribution in [3.63, 3.8) is 0 Å². The predicted molar refractivity (Wildman–Crippen MR) is 90.0 cm³/mol. The molecule has 0 radical (unpaired) electrons. The van der Waals surface area contributed by atoms with Crippen LogP contribution in [0.15, 0.2) is 29.2 Å². The molecule has 0 spiro atoms. The van der Waals surface area contributed by atoms with Crippen LogP contribution in [0, 0.1) is 17.2 Å². The molecule has 1 atom stereocenters. The second kappa shape index (κ2) is 7.52. The van der Waals surface area contributed by atoms with Crippen molar-refractivity contribution >= 4 is 15.9 Å². The van der Waals surface area contributed by atoms with Crippen LogP contribution in [0.2, 0.25) is 0 Å². The molecule has 2 saturated heterocycles. The molecule has 0 N–H and O–H groups in total. The number of carbonyl (C=O) groups excluding carboxylic acids is 1. The van der Waals surface area contributed by atoms with E-state index in [1.54, 1.807) is 4.90 Å². The van der Waals surface area contributed by atoms with Gasteiger partial charge < -0.3 is 9.64 Å². The van der Waals surface area contributed by atoms with Crippen molar-refractivity contribution < 1.29 is 17.9 Å². The van der Waals surface area contributed by atoms with Crippen LogP contribution in [0.5, 0.6) is 0 Å². The number of sulfonamides is 1. The molecular weight excluding hydrogens is 342 g/mol. The molecule has 0 saturated carbocycles. The Labute approximate surface area is 147 Å². The van der Waals surface area contributed by atoms with Crippen LogP contribution in [-0.2, 0) is 19.6 Å². The second-order valence-corrected chi connectivity index (χ2v) is 8.21. The minimum atomic E-state index is -3.66. The number of hydrogen-bond acceptors (Lipinski definition) is 5. The third kappa shape index (κ3) is 3.84. The van der Waals surface area contributed by atoms with Gasteiger partial charge in [0.05, 0.1) is 35.7 Å². The number of hydrogen-bond donors (Lipinski definition) is 0. The van der Waals surface area contributed by atoms with E-state index in [-0.39, 0.29) is 23.3 Å². The second-order valence-electron chi connectivity index (χ2n) is 6.28. The lowest BCUT2D eigenvalue weighted by atomic mass is 9.98. The smallest absolute Gasteiger partial charge is 0.243 e. The van der Waals surface area contributed by atoms with Gasteiger partial charge in [-0.05, 0) is 37.1 Å². The highest BCUT2D eigenvalue weighted by atomic mass is 32.2. The van der Waals surface area contributed by atoms with E-state index in [2.05, 4.69) is 0 Å². The first-order chi connectivity index (χ1) is 12.0. The summed E-state index contributed by atoms with van der Waals surface area (Å²) in [5.41, 5.74) is 0.415. The van der Waals surface area contributed by atoms with E-state index < -0.39 is 10.0 Å². The number of nitrogens with zero attached hydrogens (tertiary/aromatic N) is 3. The molecule has 134 valence electrons. The summed E-state index contributed by atoms with van der Waals surface area (Å²) in [5, 5.41) is 8.84. The van der Waals surface area contributed by atoms with Crippen LogP contribution in [0.3, 0.4) is 0 Å². The highest BCUT2D eigenvalue weighted by Gasteiger charge is 2.35. The molecule has 1 aromatic rings. The van der Waals surface area contributed by atoms with Crippen LogP contribution < -0.4 is 0 Å². The number of amides is 1. The number of nitriles is 1. The number of ether oxygens (including phenoxy) is 1.